The van der Waals surface area contributed by atoms with Gasteiger partial charge >= 0.3 is 0 Å². The second-order valence-corrected chi connectivity index (χ2v) is 13.5. The minimum absolute atomic E-state index is 0.0241. The number of carbonyl (C=O) groups excluding carboxylic acids is 1. The Bertz CT molecular complexity index is 1330. The van der Waals surface area contributed by atoms with Gasteiger partial charge < -0.3 is 20.7 Å². The molecule has 5 unspecified atom stereocenters. The molecule has 2 fully saturated rings. The Hall–Kier alpha value is -2.51. The average molecular weight is 611 g/mol. The summed E-state index contributed by atoms with van der Waals surface area (Å²) in [6.45, 7) is 0.294. The molecule has 2 heterocycles. The van der Waals surface area contributed by atoms with E-state index in [1.54, 1.807) is 10.4 Å². The van der Waals surface area contributed by atoms with E-state index >= 15 is 4.39 Å². The first-order valence-electron chi connectivity index (χ1n) is 14.4. The van der Waals surface area contributed by atoms with Gasteiger partial charge in [0.2, 0.25) is 15.9 Å². The number of carbonyl (C=O) groups is 1. The molecular weight excluding hydrogens is 569 g/mol. The Kier molecular flexibility index (Phi) is 10.7. The van der Waals surface area contributed by atoms with E-state index in [1.807, 2.05) is 7.05 Å². The highest BCUT2D eigenvalue weighted by Crippen LogP contribution is 2.35. The number of nitrogens with two attached hydrogens (primary N) is 1. The van der Waals surface area contributed by atoms with Crippen LogP contribution >= 0.6 is 0 Å². The van der Waals surface area contributed by atoms with Crippen molar-refractivity contribution < 1.29 is 31.1 Å². The number of ether oxygens (including phenoxy) is 1. The molecule has 2 aromatic rings. The number of nitrogens with zero attached hydrogens (tertiary/aromatic N) is 2. The van der Waals surface area contributed by atoms with E-state index < -0.39 is 45.7 Å². The number of fused-ring (bicyclic) bond motifs is 2. The number of benzene rings is 2. The van der Waals surface area contributed by atoms with Gasteiger partial charge in [0, 0.05) is 48.9 Å². The van der Waals surface area contributed by atoms with Crippen molar-refractivity contribution in [3.05, 3.63) is 65.2 Å². The number of anilines is 1. The van der Waals surface area contributed by atoms with Gasteiger partial charge in [-0.2, -0.15) is 4.31 Å². The lowest BCUT2D eigenvalue weighted by molar-refractivity contribution is -0.119. The first-order chi connectivity index (χ1) is 20.0. The van der Waals surface area contributed by atoms with Gasteiger partial charge in [0.05, 0.1) is 25.1 Å². The van der Waals surface area contributed by atoms with E-state index in [9.17, 15) is 22.0 Å². The molecule has 42 heavy (non-hydrogen) atoms. The molecule has 2 aromatic carbocycles. The van der Waals surface area contributed by atoms with E-state index in [0.717, 1.165) is 6.42 Å². The van der Waals surface area contributed by atoms with Crippen LogP contribution in [0.2, 0.25) is 0 Å². The summed E-state index contributed by atoms with van der Waals surface area (Å²) in [5.41, 5.74) is 6.39. The predicted octanol–water partition coefficient (Wildman–Crippen LogP) is 3.61. The summed E-state index contributed by atoms with van der Waals surface area (Å²) in [5.74, 6) is -1.52. The standard InChI is InChI=1S/C30H41F3N4O4S/c1-36-18-24(37-19-23(36)6-4-17-42(37,39)40)13-14-25-26(33)7-3-8-27(25)35-29(38)28(34)30(20-41-2,15-5-16-31)21-9-11-22(32)12-10-21/h3,7-12,23-24,28H,4-6,13-20,34H2,1-2H3,(H,35,38). The summed E-state index contributed by atoms with van der Waals surface area (Å²) in [4.78, 5) is 15.8. The summed E-state index contributed by atoms with van der Waals surface area (Å²) >= 11 is 0. The van der Waals surface area contributed by atoms with Crippen molar-refractivity contribution in [2.24, 2.45) is 5.73 Å². The number of amides is 1. The smallest absolute Gasteiger partial charge is 0.242 e. The molecule has 2 saturated heterocycles. The normalized spacial score (nSPS) is 24.4. The van der Waals surface area contributed by atoms with Gasteiger partial charge in [0.1, 0.15) is 11.6 Å². The Morgan fingerprint density at radius 3 is 2.62 bits per heavy atom. The van der Waals surface area contributed by atoms with Gasteiger partial charge in [-0.1, -0.05) is 18.2 Å². The summed E-state index contributed by atoms with van der Waals surface area (Å²) < 4.78 is 75.2. The molecule has 232 valence electrons. The number of piperazine rings is 1. The molecule has 0 radical (unpaired) electrons. The van der Waals surface area contributed by atoms with Gasteiger partial charge in [-0.15, -0.1) is 0 Å². The number of rotatable bonds is 12. The maximum atomic E-state index is 15.2. The van der Waals surface area contributed by atoms with E-state index in [-0.39, 0.29) is 55.0 Å². The molecule has 0 spiro atoms. The van der Waals surface area contributed by atoms with Crippen molar-refractivity contribution in [1.29, 1.82) is 0 Å². The lowest BCUT2D eigenvalue weighted by Crippen LogP contribution is -2.57. The van der Waals surface area contributed by atoms with Crippen LogP contribution in [-0.2, 0) is 31.4 Å². The first kappa shape index (κ1) is 32.4. The number of methoxy groups -OCH3 is 1. The molecule has 0 aromatic heterocycles. The highest BCUT2D eigenvalue weighted by Gasteiger charge is 2.43. The minimum atomic E-state index is -3.41. The van der Waals surface area contributed by atoms with E-state index in [2.05, 4.69) is 10.2 Å². The van der Waals surface area contributed by atoms with E-state index in [0.29, 0.717) is 31.5 Å². The van der Waals surface area contributed by atoms with Crippen LogP contribution in [0.25, 0.3) is 0 Å². The van der Waals surface area contributed by atoms with Crippen LogP contribution in [0.15, 0.2) is 42.5 Å². The van der Waals surface area contributed by atoms with Crippen LogP contribution in [0.3, 0.4) is 0 Å². The van der Waals surface area contributed by atoms with Crippen LogP contribution in [0.1, 0.15) is 43.2 Å². The molecule has 2 aliphatic heterocycles. The van der Waals surface area contributed by atoms with Gasteiger partial charge in [-0.25, -0.2) is 17.2 Å². The van der Waals surface area contributed by atoms with Crippen molar-refractivity contribution in [3.8, 4) is 0 Å². The maximum Gasteiger partial charge on any atom is 0.242 e. The summed E-state index contributed by atoms with van der Waals surface area (Å²) in [6, 6.07) is 8.46. The molecular formula is C30H41F3N4O4S. The molecule has 3 N–H and O–H groups in total. The minimum Gasteiger partial charge on any atom is -0.384 e. The van der Waals surface area contributed by atoms with Crippen molar-refractivity contribution >= 4 is 21.6 Å². The number of halogens is 3. The Morgan fingerprint density at radius 2 is 1.93 bits per heavy atom. The highest BCUT2D eigenvalue weighted by molar-refractivity contribution is 7.89. The van der Waals surface area contributed by atoms with Crippen molar-refractivity contribution in [1.82, 2.24) is 9.21 Å². The van der Waals surface area contributed by atoms with Crippen LogP contribution in [0.4, 0.5) is 18.9 Å². The van der Waals surface area contributed by atoms with Gasteiger partial charge in [-0.3, -0.25) is 9.18 Å². The summed E-state index contributed by atoms with van der Waals surface area (Å²) in [6.07, 6.45) is 2.24. The van der Waals surface area contributed by atoms with Crippen LogP contribution in [0.5, 0.6) is 0 Å². The number of hydrogen-bond acceptors (Lipinski definition) is 6. The molecule has 8 nitrogen and oxygen atoms in total. The monoisotopic (exact) mass is 610 g/mol. The first-order valence-corrected chi connectivity index (χ1v) is 16.0. The lowest BCUT2D eigenvalue weighted by atomic mass is 9.71. The number of likely N-dealkylation sites (N-methyl/N-ethyl adjacent to an activating group) is 1. The van der Waals surface area contributed by atoms with Crippen LogP contribution in [0, 0.1) is 11.6 Å². The summed E-state index contributed by atoms with van der Waals surface area (Å²) in [7, 11) is 0.0151. The van der Waals surface area contributed by atoms with E-state index in [1.165, 1.54) is 43.5 Å². The van der Waals surface area contributed by atoms with Gasteiger partial charge in [0.25, 0.3) is 0 Å². The summed E-state index contributed by atoms with van der Waals surface area (Å²) in [5, 5.41) is 2.77. The largest absolute Gasteiger partial charge is 0.384 e. The quantitative estimate of drug-likeness (QED) is 0.381. The topological polar surface area (TPSA) is 105 Å². The van der Waals surface area contributed by atoms with Crippen molar-refractivity contribution in [2.45, 2.75) is 62.1 Å². The highest BCUT2D eigenvalue weighted by atomic mass is 32.2. The average Bonchev–Trinajstić information content (AvgIpc) is 3.09. The SMILES string of the molecule is COCC(CCCF)(c1ccc(F)cc1)C(N)C(=O)Nc1cccc(F)c1CCC1CN(C)C2CCCS(=O)(=O)N1C2. The fourth-order valence-corrected chi connectivity index (χ4v) is 8.22. The lowest BCUT2D eigenvalue weighted by Gasteiger charge is -2.42. The Labute approximate surface area is 246 Å². The molecule has 1 amide bonds. The molecule has 2 bridgehead atoms. The molecule has 0 saturated carbocycles. The second kappa shape index (κ2) is 13.9. The zero-order chi connectivity index (χ0) is 30.5. The van der Waals surface area contributed by atoms with E-state index in [4.69, 9.17) is 10.5 Å². The maximum absolute atomic E-state index is 15.2. The molecule has 0 aliphatic carbocycles. The van der Waals surface area contributed by atoms with Crippen LogP contribution in [-0.4, -0.2) is 87.9 Å². The number of nitrogens with one attached hydrogen (secondary N) is 1. The Balaban J connectivity index is 1.57. The van der Waals surface area contributed by atoms with Crippen LogP contribution < -0.4 is 11.1 Å². The van der Waals surface area contributed by atoms with Crippen molar-refractivity contribution in [2.75, 3.05) is 51.6 Å². The second-order valence-electron chi connectivity index (χ2n) is 11.4. The molecule has 12 heteroatoms. The molecule has 5 atom stereocenters. The van der Waals surface area contributed by atoms with Gasteiger partial charge in [-0.05, 0) is 75.4 Å². The Morgan fingerprint density at radius 1 is 1.19 bits per heavy atom. The molecule has 4 rings (SSSR count). The number of sulfonamides is 1. The number of hydrogen-bond donors (Lipinski definition) is 2. The fourth-order valence-electron chi connectivity index (χ4n) is 6.42. The zero-order valence-electron chi connectivity index (χ0n) is 24.2. The third-order valence-electron chi connectivity index (χ3n) is 8.78. The fraction of sp³-hybridized carbons (Fsp3) is 0.567. The molecule has 2 aliphatic rings. The number of alkyl halides is 1. The third kappa shape index (κ3) is 6.99. The predicted molar refractivity (Wildman–Crippen MR) is 156 cm³/mol. The van der Waals surface area contributed by atoms with Gasteiger partial charge in [0.15, 0.2) is 0 Å². The van der Waals surface area contributed by atoms with Crippen molar-refractivity contribution in [3.63, 3.8) is 0 Å². The zero-order valence-corrected chi connectivity index (χ0v) is 25.0. The third-order valence-corrected chi connectivity index (χ3v) is 10.7.